The summed E-state index contributed by atoms with van der Waals surface area (Å²) in [4.78, 5) is 16.4. The molecule has 1 aliphatic rings. The van der Waals surface area contributed by atoms with Crippen molar-refractivity contribution < 1.29 is 19.4 Å². The van der Waals surface area contributed by atoms with E-state index in [1.165, 1.54) is 17.0 Å². The van der Waals surface area contributed by atoms with E-state index in [0.717, 1.165) is 53.8 Å². The van der Waals surface area contributed by atoms with Gasteiger partial charge in [-0.15, -0.1) is 0 Å². The standard InChI is InChI=1S/C27H27N3O4/c1-33-26-24(19-10-6-3-7-11-19)25(28-23-16-22(27(31)32)29-30(23)26)20-12-14-21(15-13-20)34-17-18-8-4-2-5-9-18/h2,4-5,8-9,12-16,19H,3,6-7,10-11,17H2,1H3,(H,31,32). The van der Waals surface area contributed by atoms with Gasteiger partial charge in [-0.2, -0.15) is 9.61 Å². The Labute approximate surface area is 198 Å². The molecular formula is C27H27N3O4. The van der Waals surface area contributed by atoms with Gasteiger partial charge in [-0.05, 0) is 48.6 Å². The zero-order chi connectivity index (χ0) is 23.5. The van der Waals surface area contributed by atoms with Crippen LogP contribution in [0, 0.1) is 0 Å². The van der Waals surface area contributed by atoms with Crippen LogP contribution in [0.25, 0.3) is 16.9 Å². The lowest BCUT2D eigenvalue weighted by Crippen LogP contribution is -2.12. The Hall–Kier alpha value is -3.87. The van der Waals surface area contributed by atoms with E-state index in [2.05, 4.69) is 5.10 Å². The Bertz CT molecular complexity index is 1290. The van der Waals surface area contributed by atoms with Crippen molar-refractivity contribution in [3.8, 4) is 22.9 Å². The molecule has 0 unspecified atom stereocenters. The maximum Gasteiger partial charge on any atom is 0.356 e. The van der Waals surface area contributed by atoms with E-state index >= 15 is 0 Å². The fourth-order valence-electron chi connectivity index (χ4n) is 4.72. The highest BCUT2D eigenvalue weighted by molar-refractivity contribution is 5.87. The van der Waals surface area contributed by atoms with Crippen LogP contribution in [-0.2, 0) is 6.61 Å². The lowest BCUT2D eigenvalue weighted by Gasteiger charge is -2.26. The summed E-state index contributed by atoms with van der Waals surface area (Å²) in [6, 6.07) is 19.4. The highest BCUT2D eigenvalue weighted by Crippen LogP contribution is 2.42. The number of nitrogens with zero attached hydrogens (tertiary/aromatic N) is 3. The zero-order valence-electron chi connectivity index (χ0n) is 19.1. The number of carboxylic acids is 1. The van der Waals surface area contributed by atoms with Gasteiger partial charge in [0, 0.05) is 17.2 Å². The quantitative estimate of drug-likeness (QED) is 0.381. The summed E-state index contributed by atoms with van der Waals surface area (Å²) in [6.45, 7) is 0.499. The van der Waals surface area contributed by atoms with E-state index in [4.69, 9.17) is 14.5 Å². The number of aromatic nitrogens is 3. The number of carboxylic acid groups (broad SMARTS) is 1. The minimum atomic E-state index is -1.09. The van der Waals surface area contributed by atoms with Crippen molar-refractivity contribution in [2.45, 2.75) is 44.6 Å². The van der Waals surface area contributed by atoms with Crippen LogP contribution in [0.1, 0.15) is 59.6 Å². The van der Waals surface area contributed by atoms with Crippen molar-refractivity contribution in [2.24, 2.45) is 0 Å². The molecule has 1 aliphatic carbocycles. The molecule has 5 rings (SSSR count). The van der Waals surface area contributed by atoms with Gasteiger partial charge in [-0.3, -0.25) is 0 Å². The zero-order valence-corrected chi connectivity index (χ0v) is 19.1. The van der Waals surface area contributed by atoms with Crippen molar-refractivity contribution in [3.63, 3.8) is 0 Å². The predicted octanol–water partition coefficient (Wildman–Crippen LogP) is 5.73. The van der Waals surface area contributed by atoms with Gasteiger partial charge in [0.25, 0.3) is 0 Å². The molecule has 0 amide bonds. The van der Waals surface area contributed by atoms with Gasteiger partial charge in [0.05, 0.1) is 12.8 Å². The molecule has 1 fully saturated rings. The van der Waals surface area contributed by atoms with Crippen molar-refractivity contribution in [3.05, 3.63) is 77.5 Å². The summed E-state index contributed by atoms with van der Waals surface area (Å²) in [5.74, 6) is 0.525. The van der Waals surface area contributed by atoms with E-state index in [9.17, 15) is 9.90 Å². The number of carbonyl (C=O) groups is 1. The number of hydrogen-bond acceptors (Lipinski definition) is 5. The van der Waals surface area contributed by atoms with Gasteiger partial charge in [0.2, 0.25) is 5.88 Å². The second-order valence-corrected chi connectivity index (χ2v) is 8.62. The van der Waals surface area contributed by atoms with Crippen molar-refractivity contribution >= 4 is 11.6 Å². The number of benzene rings is 2. The highest BCUT2D eigenvalue weighted by atomic mass is 16.5. The van der Waals surface area contributed by atoms with E-state index in [1.807, 2.05) is 54.6 Å². The number of rotatable bonds is 7. The summed E-state index contributed by atoms with van der Waals surface area (Å²) in [5, 5.41) is 13.7. The molecule has 2 heterocycles. The first-order valence-electron chi connectivity index (χ1n) is 11.6. The molecule has 1 N–H and O–H groups in total. The summed E-state index contributed by atoms with van der Waals surface area (Å²) in [6.07, 6.45) is 5.61. The molecule has 0 bridgehead atoms. The Morgan fingerprint density at radius 1 is 1.06 bits per heavy atom. The van der Waals surface area contributed by atoms with Crippen LogP contribution in [0.5, 0.6) is 11.6 Å². The minimum absolute atomic E-state index is 0.0535. The summed E-state index contributed by atoms with van der Waals surface area (Å²) in [5.41, 5.74) is 4.25. The summed E-state index contributed by atoms with van der Waals surface area (Å²) in [7, 11) is 1.60. The Kier molecular flexibility index (Phi) is 6.16. The largest absolute Gasteiger partial charge is 0.489 e. The van der Waals surface area contributed by atoms with Crippen LogP contribution < -0.4 is 9.47 Å². The van der Waals surface area contributed by atoms with E-state index < -0.39 is 5.97 Å². The summed E-state index contributed by atoms with van der Waals surface area (Å²) < 4.78 is 13.3. The topological polar surface area (TPSA) is 86.0 Å². The average molecular weight is 458 g/mol. The smallest absolute Gasteiger partial charge is 0.356 e. The Balaban J connectivity index is 1.55. The predicted molar refractivity (Wildman–Crippen MR) is 129 cm³/mol. The van der Waals surface area contributed by atoms with Gasteiger partial charge in [-0.1, -0.05) is 49.6 Å². The average Bonchev–Trinajstić information content (AvgIpc) is 3.32. The highest BCUT2D eigenvalue weighted by Gasteiger charge is 2.28. The third-order valence-corrected chi connectivity index (χ3v) is 6.40. The van der Waals surface area contributed by atoms with Gasteiger partial charge < -0.3 is 14.6 Å². The van der Waals surface area contributed by atoms with Crippen LogP contribution in [0.15, 0.2) is 60.7 Å². The molecule has 0 radical (unpaired) electrons. The monoisotopic (exact) mass is 457 g/mol. The van der Waals surface area contributed by atoms with Crippen LogP contribution in [0.4, 0.5) is 0 Å². The van der Waals surface area contributed by atoms with Crippen LogP contribution >= 0.6 is 0 Å². The van der Waals surface area contributed by atoms with Crippen LogP contribution in [0.2, 0.25) is 0 Å². The number of hydrogen-bond donors (Lipinski definition) is 1. The molecule has 7 nitrogen and oxygen atoms in total. The van der Waals surface area contributed by atoms with Crippen molar-refractivity contribution in [1.29, 1.82) is 0 Å². The second-order valence-electron chi connectivity index (χ2n) is 8.62. The first kappa shape index (κ1) is 21.9. The molecule has 34 heavy (non-hydrogen) atoms. The van der Waals surface area contributed by atoms with Crippen molar-refractivity contribution in [2.75, 3.05) is 7.11 Å². The molecular weight excluding hydrogens is 430 g/mol. The second kappa shape index (κ2) is 9.55. The van der Waals surface area contributed by atoms with Gasteiger partial charge in [-0.25, -0.2) is 9.78 Å². The molecule has 174 valence electrons. The Morgan fingerprint density at radius 3 is 2.47 bits per heavy atom. The molecule has 0 saturated heterocycles. The lowest BCUT2D eigenvalue weighted by molar-refractivity contribution is 0.0690. The first-order chi connectivity index (χ1) is 16.6. The lowest BCUT2D eigenvalue weighted by atomic mass is 9.82. The summed E-state index contributed by atoms with van der Waals surface area (Å²) >= 11 is 0. The molecule has 2 aromatic heterocycles. The number of ether oxygens (including phenoxy) is 2. The third-order valence-electron chi connectivity index (χ3n) is 6.40. The van der Waals surface area contributed by atoms with Gasteiger partial charge in [0.15, 0.2) is 11.3 Å². The van der Waals surface area contributed by atoms with Crippen molar-refractivity contribution in [1.82, 2.24) is 14.6 Å². The number of fused-ring (bicyclic) bond motifs is 1. The molecule has 0 aliphatic heterocycles. The van der Waals surface area contributed by atoms with Crippen LogP contribution in [0.3, 0.4) is 0 Å². The van der Waals surface area contributed by atoms with Gasteiger partial charge >= 0.3 is 5.97 Å². The number of aromatic carboxylic acids is 1. The molecule has 0 atom stereocenters. The van der Waals surface area contributed by atoms with E-state index in [0.29, 0.717) is 18.1 Å². The van der Waals surface area contributed by atoms with E-state index in [-0.39, 0.29) is 11.6 Å². The fourth-order valence-corrected chi connectivity index (χ4v) is 4.72. The van der Waals surface area contributed by atoms with Crippen LogP contribution in [-0.4, -0.2) is 32.8 Å². The maximum absolute atomic E-state index is 11.6. The molecule has 0 spiro atoms. The Morgan fingerprint density at radius 2 is 1.79 bits per heavy atom. The minimum Gasteiger partial charge on any atom is -0.489 e. The molecule has 2 aromatic carbocycles. The maximum atomic E-state index is 11.6. The molecule has 7 heteroatoms. The first-order valence-corrected chi connectivity index (χ1v) is 11.6. The fraction of sp³-hybridized carbons (Fsp3) is 0.296. The molecule has 4 aromatic rings. The SMILES string of the molecule is COc1c(C2CCCCC2)c(-c2ccc(OCc3ccccc3)cc2)nc2cc(C(=O)O)nn12. The normalized spacial score (nSPS) is 14.3. The van der Waals surface area contributed by atoms with E-state index in [1.54, 1.807) is 7.11 Å². The third kappa shape index (κ3) is 4.33. The van der Waals surface area contributed by atoms with Gasteiger partial charge in [0.1, 0.15) is 12.4 Å². The molecule has 1 saturated carbocycles. The number of methoxy groups -OCH3 is 1.